The van der Waals surface area contributed by atoms with Crippen molar-refractivity contribution in [2.45, 2.75) is 32.1 Å². The van der Waals surface area contributed by atoms with Crippen molar-refractivity contribution in [2.75, 3.05) is 6.61 Å². The fourth-order valence-corrected chi connectivity index (χ4v) is 3.06. The van der Waals surface area contributed by atoms with Gasteiger partial charge in [0.2, 0.25) is 0 Å². The van der Waals surface area contributed by atoms with Crippen LogP contribution in [0.1, 0.15) is 28.7 Å². The van der Waals surface area contributed by atoms with Gasteiger partial charge in [-0.05, 0) is 43.0 Å². The second kappa shape index (κ2) is 5.26. The molecule has 0 saturated carbocycles. The zero-order valence-electron chi connectivity index (χ0n) is 12.5. The van der Waals surface area contributed by atoms with Gasteiger partial charge in [-0.1, -0.05) is 36.4 Å². The first-order valence-electron chi connectivity index (χ1n) is 7.34. The van der Waals surface area contributed by atoms with Crippen LogP contribution in [0.5, 0.6) is 5.75 Å². The lowest BCUT2D eigenvalue weighted by Gasteiger charge is -2.33. The summed E-state index contributed by atoms with van der Waals surface area (Å²) in [5.41, 5.74) is 4.34. The number of nitriles is 1. The van der Waals surface area contributed by atoms with Crippen LogP contribution in [0, 0.1) is 25.2 Å². The second-order valence-corrected chi connectivity index (χ2v) is 5.88. The summed E-state index contributed by atoms with van der Waals surface area (Å²) in [4.78, 5) is 0. The van der Waals surface area contributed by atoms with Crippen molar-refractivity contribution in [2.24, 2.45) is 0 Å². The first-order chi connectivity index (χ1) is 10.1. The maximum absolute atomic E-state index is 9.87. The number of aryl methyl sites for hydroxylation is 2. The number of ether oxygens (including phenoxy) is 1. The van der Waals surface area contributed by atoms with Gasteiger partial charge in [0.25, 0.3) is 0 Å². The molecule has 0 aromatic heterocycles. The molecule has 1 aliphatic rings. The Hall–Kier alpha value is -2.27. The van der Waals surface area contributed by atoms with E-state index >= 15 is 0 Å². The maximum Gasteiger partial charge on any atom is 0.124 e. The Balaban J connectivity index is 2.02. The predicted molar refractivity (Wildman–Crippen MR) is 83.5 cm³/mol. The molecule has 0 bridgehead atoms. The first kappa shape index (κ1) is 13.7. The molecule has 3 rings (SSSR count). The average molecular weight is 277 g/mol. The van der Waals surface area contributed by atoms with Crippen LogP contribution in [0.2, 0.25) is 0 Å². The van der Waals surface area contributed by atoms with Crippen LogP contribution in [0.3, 0.4) is 0 Å². The van der Waals surface area contributed by atoms with Crippen molar-refractivity contribution in [3.63, 3.8) is 0 Å². The zero-order valence-corrected chi connectivity index (χ0v) is 12.5. The number of fused-ring (bicyclic) bond motifs is 1. The number of hydrogen-bond acceptors (Lipinski definition) is 2. The molecule has 0 fully saturated rings. The number of rotatable bonds is 2. The van der Waals surface area contributed by atoms with Gasteiger partial charge in [-0.3, -0.25) is 0 Å². The summed E-state index contributed by atoms with van der Waals surface area (Å²) < 4.78 is 5.71. The van der Waals surface area contributed by atoms with E-state index in [1.165, 1.54) is 16.7 Å². The molecule has 2 aromatic rings. The summed E-state index contributed by atoms with van der Waals surface area (Å²) in [5, 5.41) is 9.87. The van der Waals surface area contributed by atoms with Gasteiger partial charge in [-0.15, -0.1) is 0 Å². The van der Waals surface area contributed by atoms with E-state index in [9.17, 15) is 5.26 Å². The molecule has 1 heterocycles. The normalized spacial score (nSPS) is 20.2. The van der Waals surface area contributed by atoms with Gasteiger partial charge >= 0.3 is 0 Å². The Morgan fingerprint density at radius 1 is 1.14 bits per heavy atom. The fraction of sp³-hybridized carbons (Fsp3) is 0.316. The van der Waals surface area contributed by atoms with E-state index in [0.29, 0.717) is 6.61 Å². The van der Waals surface area contributed by atoms with Crippen molar-refractivity contribution in [1.29, 1.82) is 5.26 Å². The van der Waals surface area contributed by atoms with E-state index in [1.54, 1.807) is 0 Å². The SMILES string of the molecule is Cc1ccc(CC2(C#N)CCOc3ccccc32)cc1C. The molecular weight excluding hydrogens is 258 g/mol. The molecule has 2 nitrogen and oxygen atoms in total. The van der Waals surface area contributed by atoms with Crippen molar-refractivity contribution in [1.82, 2.24) is 0 Å². The maximum atomic E-state index is 9.87. The molecule has 106 valence electrons. The minimum Gasteiger partial charge on any atom is -0.493 e. The summed E-state index contributed by atoms with van der Waals surface area (Å²) in [5.74, 6) is 0.856. The van der Waals surface area contributed by atoms with Crippen molar-refractivity contribution in [3.8, 4) is 11.8 Å². The van der Waals surface area contributed by atoms with E-state index in [1.807, 2.05) is 24.3 Å². The van der Waals surface area contributed by atoms with Crippen LogP contribution in [-0.4, -0.2) is 6.61 Å². The van der Waals surface area contributed by atoms with E-state index in [-0.39, 0.29) is 0 Å². The number of benzene rings is 2. The van der Waals surface area contributed by atoms with Crippen LogP contribution in [-0.2, 0) is 11.8 Å². The summed E-state index contributed by atoms with van der Waals surface area (Å²) in [6.45, 7) is 4.84. The quantitative estimate of drug-likeness (QED) is 0.828. The highest BCUT2D eigenvalue weighted by Gasteiger charge is 2.38. The van der Waals surface area contributed by atoms with E-state index in [4.69, 9.17) is 4.74 Å². The molecule has 1 unspecified atom stereocenters. The van der Waals surface area contributed by atoms with E-state index in [2.05, 4.69) is 38.1 Å². The lowest BCUT2D eigenvalue weighted by atomic mass is 9.73. The Labute approximate surface area is 126 Å². The number of nitrogens with zero attached hydrogens (tertiary/aromatic N) is 1. The van der Waals surface area contributed by atoms with E-state index < -0.39 is 5.41 Å². The van der Waals surface area contributed by atoms with Crippen molar-refractivity contribution in [3.05, 3.63) is 64.7 Å². The molecule has 2 aromatic carbocycles. The molecule has 0 amide bonds. The second-order valence-electron chi connectivity index (χ2n) is 5.88. The standard InChI is InChI=1S/C19H19NO/c1-14-7-8-16(11-15(14)2)12-19(13-20)9-10-21-18-6-4-3-5-17(18)19/h3-8,11H,9-10,12H2,1-2H3. The Kier molecular flexibility index (Phi) is 3.43. The minimum absolute atomic E-state index is 0.476. The molecule has 0 saturated heterocycles. The van der Waals surface area contributed by atoms with Crippen LogP contribution in [0.15, 0.2) is 42.5 Å². The zero-order chi connectivity index (χ0) is 14.9. The number of hydrogen-bond donors (Lipinski definition) is 0. The molecule has 0 radical (unpaired) electrons. The monoisotopic (exact) mass is 277 g/mol. The van der Waals surface area contributed by atoms with Gasteiger partial charge in [0.1, 0.15) is 5.75 Å². The molecular formula is C19H19NO. The smallest absolute Gasteiger partial charge is 0.124 e. The van der Waals surface area contributed by atoms with Crippen LogP contribution >= 0.6 is 0 Å². The van der Waals surface area contributed by atoms with E-state index in [0.717, 1.165) is 24.2 Å². The molecule has 0 N–H and O–H groups in total. The fourth-order valence-electron chi connectivity index (χ4n) is 3.06. The summed E-state index contributed by atoms with van der Waals surface area (Å²) in [6.07, 6.45) is 1.48. The minimum atomic E-state index is -0.476. The van der Waals surface area contributed by atoms with Gasteiger partial charge in [0.05, 0.1) is 18.1 Å². The van der Waals surface area contributed by atoms with Gasteiger partial charge in [0, 0.05) is 12.0 Å². The highest BCUT2D eigenvalue weighted by molar-refractivity contribution is 5.47. The predicted octanol–water partition coefficient (Wildman–Crippen LogP) is 4.09. The van der Waals surface area contributed by atoms with Gasteiger partial charge in [-0.25, -0.2) is 0 Å². The lowest BCUT2D eigenvalue weighted by Crippen LogP contribution is -2.33. The first-order valence-corrected chi connectivity index (χ1v) is 7.34. The number of para-hydroxylation sites is 1. The van der Waals surface area contributed by atoms with Crippen LogP contribution in [0.4, 0.5) is 0 Å². The molecule has 21 heavy (non-hydrogen) atoms. The van der Waals surface area contributed by atoms with Crippen LogP contribution in [0.25, 0.3) is 0 Å². The highest BCUT2D eigenvalue weighted by atomic mass is 16.5. The molecule has 1 atom stereocenters. The Bertz CT molecular complexity index is 714. The largest absolute Gasteiger partial charge is 0.493 e. The highest BCUT2D eigenvalue weighted by Crippen LogP contribution is 2.40. The van der Waals surface area contributed by atoms with Gasteiger partial charge < -0.3 is 4.74 Å². The Morgan fingerprint density at radius 2 is 1.95 bits per heavy atom. The summed E-state index contributed by atoms with van der Waals surface area (Å²) in [6, 6.07) is 17.0. The topological polar surface area (TPSA) is 33.0 Å². The third-order valence-electron chi connectivity index (χ3n) is 4.48. The van der Waals surface area contributed by atoms with Gasteiger partial charge in [-0.2, -0.15) is 5.26 Å². The average Bonchev–Trinajstić information content (AvgIpc) is 2.51. The molecule has 1 aliphatic heterocycles. The molecule has 0 aliphatic carbocycles. The molecule has 0 spiro atoms. The van der Waals surface area contributed by atoms with Gasteiger partial charge in [0.15, 0.2) is 0 Å². The van der Waals surface area contributed by atoms with Crippen LogP contribution < -0.4 is 4.74 Å². The third kappa shape index (κ3) is 2.40. The van der Waals surface area contributed by atoms with Crippen molar-refractivity contribution < 1.29 is 4.74 Å². The summed E-state index contributed by atoms with van der Waals surface area (Å²) >= 11 is 0. The molecule has 2 heteroatoms. The Morgan fingerprint density at radius 3 is 2.71 bits per heavy atom. The third-order valence-corrected chi connectivity index (χ3v) is 4.48. The summed E-state index contributed by atoms with van der Waals surface area (Å²) in [7, 11) is 0. The van der Waals surface area contributed by atoms with Crippen molar-refractivity contribution >= 4 is 0 Å². The lowest BCUT2D eigenvalue weighted by molar-refractivity contribution is 0.241.